The highest BCUT2D eigenvalue weighted by molar-refractivity contribution is 6.30. The third-order valence-corrected chi connectivity index (χ3v) is 4.82. The van der Waals surface area contributed by atoms with Gasteiger partial charge in [-0.3, -0.25) is 4.79 Å². The van der Waals surface area contributed by atoms with Crippen LogP contribution in [0.5, 0.6) is 11.5 Å². The lowest BCUT2D eigenvalue weighted by atomic mass is 10.2. The fourth-order valence-electron chi connectivity index (χ4n) is 3.11. The third-order valence-electron chi connectivity index (χ3n) is 4.57. The summed E-state index contributed by atoms with van der Waals surface area (Å²) in [4.78, 5) is 12.4. The van der Waals surface area contributed by atoms with Gasteiger partial charge in [0.2, 0.25) is 0 Å². The second-order valence-corrected chi connectivity index (χ2v) is 6.84. The number of nitrogens with one attached hydrogen (secondary N) is 1. The number of hydrazone groups is 1. The molecule has 2 aromatic carbocycles. The molecule has 0 unspecified atom stereocenters. The number of nitrogens with zero attached hydrogens (tertiary/aromatic N) is 2. The molecule has 1 heterocycles. The fourth-order valence-corrected chi connectivity index (χ4v) is 3.23. The number of methoxy groups -OCH3 is 2. The van der Waals surface area contributed by atoms with Gasteiger partial charge in [-0.05, 0) is 62.4 Å². The highest BCUT2D eigenvalue weighted by atomic mass is 35.5. The number of aromatic nitrogens is 1. The Morgan fingerprint density at radius 1 is 1.03 bits per heavy atom. The number of aryl methyl sites for hydroxylation is 1. The summed E-state index contributed by atoms with van der Waals surface area (Å²) in [6, 6.07) is 14.6. The lowest BCUT2D eigenvalue weighted by molar-refractivity contribution is 0.0954. The molecule has 6 nitrogen and oxygen atoms in total. The average molecular weight is 412 g/mol. The van der Waals surface area contributed by atoms with Gasteiger partial charge in [0, 0.05) is 33.2 Å². The normalized spacial score (nSPS) is 10.9. The summed E-state index contributed by atoms with van der Waals surface area (Å²) in [5, 5.41) is 4.80. The van der Waals surface area contributed by atoms with Crippen LogP contribution in [-0.2, 0) is 0 Å². The predicted octanol–water partition coefficient (Wildman–Crippen LogP) is 4.53. The zero-order valence-corrected chi connectivity index (χ0v) is 17.4. The fraction of sp³-hybridized carbons (Fsp3) is 0.182. The average Bonchev–Trinajstić information content (AvgIpc) is 3.01. The number of halogens is 1. The third kappa shape index (κ3) is 4.43. The Labute approximate surface area is 174 Å². The topological polar surface area (TPSA) is 64.8 Å². The van der Waals surface area contributed by atoms with Crippen LogP contribution in [0.2, 0.25) is 5.02 Å². The number of ether oxygens (including phenoxy) is 2. The van der Waals surface area contributed by atoms with Crippen LogP contribution in [0.1, 0.15) is 27.3 Å². The Hall–Kier alpha value is -3.25. The number of hydrogen-bond donors (Lipinski definition) is 1. The molecule has 7 heteroatoms. The molecule has 3 aromatic rings. The molecule has 0 aliphatic heterocycles. The number of benzene rings is 2. The van der Waals surface area contributed by atoms with Gasteiger partial charge in [0.15, 0.2) is 11.5 Å². The van der Waals surface area contributed by atoms with Crippen molar-refractivity contribution in [2.45, 2.75) is 13.8 Å². The smallest absolute Gasteiger partial charge is 0.271 e. The maximum absolute atomic E-state index is 12.4. The molecule has 0 radical (unpaired) electrons. The Kier molecular flexibility index (Phi) is 6.24. The molecule has 0 aliphatic rings. The molecule has 0 saturated carbocycles. The number of carbonyl (C=O) groups is 1. The highest BCUT2D eigenvalue weighted by Crippen LogP contribution is 2.27. The monoisotopic (exact) mass is 411 g/mol. The Morgan fingerprint density at radius 2 is 1.72 bits per heavy atom. The first-order chi connectivity index (χ1) is 13.9. The van der Waals surface area contributed by atoms with Crippen molar-refractivity contribution in [3.05, 3.63) is 76.1 Å². The molecule has 0 fully saturated rings. The van der Waals surface area contributed by atoms with Crippen molar-refractivity contribution in [2.75, 3.05) is 14.2 Å². The molecule has 0 saturated heterocycles. The van der Waals surface area contributed by atoms with Crippen LogP contribution in [0.3, 0.4) is 0 Å². The summed E-state index contributed by atoms with van der Waals surface area (Å²) in [7, 11) is 3.07. The first kappa shape index (κ1) is 20.5. The molecule has 29 heavy (non-hydrogen) atoms. The first-order valence-electron chi connectivity index (χ1n) is 8.95. The van der Waals surface area contributed by atoms with Gasteiger partial charge in [-0.25, -0.2) is 5.43 Å². The van der Waals surface area contributed by atoms with E-state index in [1.54, 1.807) is 31.5 Å². The van der Waals surface area contributed by atoms with E-state index in [9.17, 15) is 4.79 Å². The van der Waals surface area contributed by atoms with Crippen LogP contribution in [0, 0.1) is 13.8 Å². The molecule has 0 spiro atoms. The molecule has 1 amide bonds. The summed E-state index contributed by atoms with van der Waals surface area (Å²) < 4.78 is 12.5. The molecular formula is C22H22ClN3O3. The van der Waals surface area contributed by atoms with E-state index in [0.717, 1.165) is 22.6 Å². The maximum Gasteiger partial charge on any atom is 0.271 e. The summed E-state index contributed by atoms with van der Waals surface area (Å²) in [5.74, 6) is 0.701. The Bertz CT molecular complexity index is 1060. The molecule has 0 atom stereocenters. The van der Waals surface area contributed by atoms with E-state index < -0.39 is 0 Å². The first-order valence-corrected chi connectivity index (χ1v) is 9.32. The van der Waals surface area contributed by atoms with Crippen LogP contribution in [0.4, 0.5) is 0 Å². The van der Waals surface area contributed by atoms with Gasteiger partial charge in [-0.2, -0.15) is 5.10 Å². The number of rotatable bonds is 6. The van der Waals surface area contributed by atoms with Crippen LogP contribution >= 0.6 is 11.6 Å². The van der Waals surface area contributed by atoms with Crippen molar-refractivity contribution in [1.29, 1.82) is 0 Å². The standard InChI is InChI=1S/C22H22ClN3O3/c1-14-11-17(15(2)26(14)19-8-6-18(23)7-9-19)13-24-25-22(27)16-5-10-20(28-3)21(12-16)29-4/h5-13H,1-4H3,(H,25,27)/b24-13-. The minimum Gasteiger partial charge on any atom is -0.493 e. The van der Waals surface area contributed by atoms with Crippen molar-refractivity contribution in [1.82, 2.24) is 9.99 Å². The van der Waals surface area contributed by atoms with Crippen LogP contribution in [0.25, 0.3) is 5.69 Å². The number of hydrogen-bond acceptors (Lipinski definition) is 4. The second kappa shape index (κ2) is 8.84. The summed E-state index contributed by atoms with van der Waals surface area (Å²) >= 11 is 5.98. The Balaban J connectivity index is 1.76. The van der Waals surface area contributed by atoms with Gasteiger partial charge in [0.25, 0.3) is 5.91 Å². The van der Waals surface area contributed by atoms with Crippen molar-refractivity contribution in [3.63, 3.8) is 0 Å². The lowest BCUT2D eigenvalue weighted by Crippen LogP contribution is -2.17. The van der Waals surface area contributed by atoms with Crippen LogP contribution in [-0.4, -0.2) is 30.9 Å². The van der Waals surface area contributed by atoms with E-state index >= 15 is 0 Å². The minimum atomic E-state index is -0.339. The van der Waals surface area contributed by atoms with Gasteiger partial charge in [0.1, 0.15) is 0 Å². The van der Waals surface area contributed by atoms with Gasteiger partial charge < -0.3 is 14.0 Å². The molecular weight excluding hydrogens is 390 g/mol. The molecule has 0 bridgehead atoms. The maximum atomic E-state index is 12.4. The highest BCUT2D eigenvalue weighted by Gasteiger charge is 2.11. The zero-order chi connectivity index (χ0) is 21.0. The van der Waals surface area contributed by atoms with Crippen molar-refractivity contribution in [2.24, 2.45) is 5.10 Å². The number of amides is 1. The lowest BCUT2D eigenvalue weighted by Gasteiger charge is -2.09. The van der Waals surface area contributed by atoms with Crippen LogP contribution < -0.4 is 14.9 Å². The van der Waals surface area contributed by atoms with E-state index in [1.807, 2.05) is 44.2 Å². The van der Waals surface area contributed by atoms with E-state index in [-0.39, 0.29) is 5.91 Å². The SMILES string of the molecule is COc1ccc(C(=O)N/N=C\c2cc(C)n(-c3ccc(Cl)cc3)c2C)cc1OC. The number of carbonyl (C=O) groups excluding carboxylic acids is 1. The summed E-state index contributed by atoms with van der Waals surface area (Å²) in [5.41, 5.74) is 6.95. The molecule has 3 rings (SSSR count). The molecule has 0 aliphatic carbocycles. The van der Waals surface area contributed by atoms with Gasteiger partial charge in [-0.15, -0.1) is 0 Å². The molecule has 150 valence electrons. The van der Waals surface area contributed by atoms with Gasteiger partial charge in [0.05, 0.1) is 20.4 Å². The Morgan fingerprint density at radius 3 is 2.38 bits per heavy atom. The quantitative estimate of drug-likeness (QED) is 0.478. The van der Waals surface area contributed by atoms with Crippen molar-refractivity contribution in [3.8, 4) is 17.2 Å². The van der Waals surface area contributed by atoms with Crippen molar-refractivity contribution < 1.29 is 14.3 Å². The van der Waals surface area contributed by atoms with E-state index in [1.165, 1.54) is 7.11 Å². The van der Waals surface area contributed by atoms with E-state index in [0.29, 0.717) is 22.1 Å². The largest absolute Gasteiger partial charge is 0.493 e. The van der Waals surface area contributed by atoms with Crippen LogP contribution in [0.15, 0.2) is 53.6 Å². The molecule has 1 N–H and O–H groups in total. The minimum absolute atomic E-state index is 0.339. The summed E-state index contributed by atoms with van der Waals surface area (Å²) in [6.45, 7) is 4.01. The van der Waals surface area contributed by atoms with Gasteiger partial charge in [-0.1, -0.05) is 11.6 Å². The summed E-state index contributed by atoms with van der Waals surface area (Å²) in [6.07, 6.45) is 1.63. The molecule has 1 aromatic heterocycles. The van der Waals surface area contributed by atoms with Gasteiger partial charge >= 0.3 is 0 Å². The van der Waals surface area contributed by atoms with Crippen molar-refractivity contribution >= 4 is 23.7 Å². The van der Waals surface area contributed by atoms with E-state index in [2.05, 4.69) is 15.1 Å². The second-order valence-electron chi connectivity index (χ2n) is 6.41. The predicted molar refractivity (Wildman–Crippen MR) is 115 cm³/mol. The van der Waals surface area contributed by atoms with E-state index in [4.69, 9.17) is 21.1 Å². The zero-order valence-electron chi connectivity index (χ0n) is 16.7.